The van der Waals surface area contributed by atoms with Gasteiger partial charge in [-0.05, 0) is 47.4 Å². The zero-order valence-corrected chi connectivity index (χ0v) is 10.3. The Morgan fingerprint density at radius 1 is 1.41 bits per heavy atom. The molecule has 1 aromatic carbocycles. The molecule has 1 aliphatic rings. The molecule has 1 fully saturated rings. The first kappa shape index (κ1) is 10.6. The number of fused-ring (bicyclic) bond motifs is 1. The number of guanidine groups is 1. The van der Waals surface area contributed by atoms with Crippen LogP contribution in [0.1, 0.15) is 18.4 Å². The highest BCUT2D eigenvalue weighted by Gasteiger charge is 2.21. The summed E-state index contributed by atoms with van der Waals surface area (Å²) in [6, 6.07) is 9.15. The van der Waals surface area contributed by atoms with Crippen LogP contribution >= 0.6 is 11.3 Å². The third-order valence-electron chi connectivity index (χ3n) is 2.88. The first-order valence-electron chi connectivity index (χ1n) is 5.84. The normalized spacial score (nSPS) is 16.4. The van der Waals surface area contributed by atoms with Crippen LogP contribution in [0.25, 0.3) is 10.1 Å². The molecule has 3 N–H and O–H groups in total. The summed E-state index contributed by atoms with van der Waals surface area (Å²) in [6.45, 7) is 0.650. The van der Waals surface area contributed by atoms with E-state index in [4.69, 9.17) is 5.73 Å². The molecule has 0 bridgehead atoms. The van der Waals surface area contributed by atoms with Crippen LogP contribution in [0, 0.1) is 0 Å². The van der Waals surface area contributed by atoms with Crippen molar-refractivity contribution in [2.45, 2.75) is 25.4 Å². The lowest BCUT2D eigenvalue weighted by Crippen LogP contribution is -2.33. The number of nitrogens with one attached hydrogen (secondary N) is 1. The molecule has 0 spiro atoms. The van der Waals surface area contributed by atoms with Gasteiger partial charge in [0.2, 0.25) is 0 Å². The lowest BCUT2D eigenvalue weighted by atomic mass is 10.2. The van der Waals surface area contributed by atoms with E-state index in [1.54, 1.807) is 11.3 Å². The third kappa shape index (κ3) is 2.58. The number of nitrogens with zero attached hydrogens (tertiary/aromatic N) is 1. The zero-order chi connectivity index (χ0) is 11.7. The van der Waals surface area contributed by atoms with Crippen molar-refractivity contribution < 1.29 is 0 Å². The van der Waals surface area contributed by atoms with Crippen molar-refractivity contribution in [1.29, 1.82) is 0 Å². The molecule has 0 amide bonds. The van der Waals surface area contributed by atoms with E-state index in [9.17, 15) is 0 Å². The zero-order valence-electron chi connectivity index (χ0n) is 9.52. The van der Waals surface area contributed by atoms with Gasteiger partial charge in [-0.25, -0.2) is 4.99 Å². The molecule has 88 valence electrons. The predicted molar refractivity (Wildman–Crippen MR) is 73.3 cm³/mol. The molecule has 0 radical (unpaired) electrons. The lowest BCUT2D eigenvalue weighted by Gasteiger charge is -2.03. The van der Waals surface area contributed by atoms with Crippen molar-refractivity contribution in [3.63, 3.8) is 0 Å². The second-order valence-corrected chi connectivity index (χ2v) is 5.36. The average molecular weight is 245 g/mol. The molecular weight excluding hydrogens is 230 g/mol. The maximum atomic E-state index is 5.80. The highest BCUT2D eigenvalue weighted by atomic mass is 32.1. The summed E-state index contributed by atoms with van der Waals surface area (Å²) < 4.78 is 1.32. The van der Waals surface area contributed by atoms with E-state index in [0.717, 1.165) is 0 Å². The Bertz CT molecular complexity index is 555. The van der Waals surface area contributed by atoms with Crippen molar-refractivity contribution in [3.8, 4) is 0 Å². The molecule has 3 rings (SSSR count). The van der Waals surface area contributed by atoms with E-state index < -0.39 is 0 Å². The van der Waals surface area contributed by atoms with Crippen LogP contribution in [0.2, 0.25) is 0 Å². The molecule has 0 unspecified atom stereocenters. The smallest absolute Gasteiger partial charge is 0.189 e. The SMILES string of the molecule is NC(=NCc1ccc2sccc2c1)NC1CC1. The molecule has 2 aromatic rings. The average Bonchev–Trinajstić information content (AvgIpc) is 3.01. The largest absolute Gasteiger partial charge is 0.370 e. The standard InChI is InChI=1S/C13H15N3S/c14-13(16-11-2-3-11)15-8-9-1-4-12-10(7-9)5-6-17-12/h1,4-7,11H,2-3,8H2,(H3,14,15,16). The van der Waals surface area contributed by atoms with Gasteiger partial charge in [0.25, 0.3) is 0 Å². The van der Waals surface area contributed by atoms with Gasteiger partial charge in [-0.1, -0.05) is 6.07 Å². The van der Waals surface area contributed by atoms with Crippen molar-refractivity contribution >= 4 is 27.4 Å². The van der Waals surface area contributed by atoms with Crippen LogP contribution in [0.5, 0.6) is 0 Å². The fourth-order valence-corrected chi connectivity index (χ4v) is 2.54. The minimum absolute atomic E-state index is 0.568. The van der Waals surface area contributed by atoms with Crippen molar-refractivity contribution in [1.82, 2.24) is 5.32 Å². The Kier molecular flexibility index (Phi) is 2.73. The summed E-state index contributed by atoms with van der Waals surface area (Å²) in [5.74, 6) is 0.568. The van der Waals surface area contributed by atoms with Crippen LogP contribution in [0.15, 0.2) is 34.6 Å². The van der Waals surface area contributed by atoms with Gasteiger partial charge in [-0.2, -0.15) is 0 Å². The van der Waals surface area contributed by atoms with Gasteiger partial charge in [0, 0.05) is 10.7 Å². The number of hydrogen-bond donors (Lipinski definition) is 2. The maximum Gasteiger partial charge on any atom is 0.189 e. The summed E-state index contributed by atoms with van der Waals surface area (Å²) in [4.78, 5) is 4.35. The van der Waals surface area contributed by atoms with Crippen LogP contribution < -0.4 is 11.1 Å². The lowest BCUT2D eigenvalue weighted by molar-refractivity contribution is 0.879. The molecule has 1 aromatic heterocycles. The van der Waals surface area contributed by atoms with E-state index in [-0.39, 0.29) is 0 Å². The Balaban J connectivity index is 1.70. The van der Waals surface area contributed by atoms with Gasteiger partial charge in [0.15, 0.2) is 5.96 Å². The molecule has 1 heterocycles. The fourth-order valence-electron chi connectivity index (χ4n) is 1.77. The quantitative estimate of drug-likeness (QED) is 0.644. The number of nitrogens with two attached hydrogens (primary N) is 1. The first-order valence-corrected chi connectivity index (χ1v) is 6.72. The molecule has 1 saturated carbocycles. The molecule has 4 heteroatoms. The summed E-state index contributed by atoms with van der Waals surface area (Å²) in [6.07, 6.45) is 2.44. The minimum Gasteiger partial charge on any atom is -0.370 e. The Morgan fingerprint density at radius 3 is 3.12 bits per heavy atom. The van der Waals surface area contributed by atoms with E-state index in [2.05, 4.69) is 40.0 Å². The summed E-state index contributed by atoms with van der Waals surface area (Å²) in [5, 5.41) is 6.59. The number of aliphatic imine (C=N–C) groups is 1. The van der Waals surface area contributed by atoms with E-state index >= 15 is 0 Å². The number of thiophene rings is 1. The van der Waals surface area contributed by atoms with Crippen LogP contribution in [0.4, 0.5) is 0 Å². The van der Waals surface area contributed by atoms with Gasteiger partial charge >= 0.3 is 0 Å². The van der Waals surface area contributed by atoms with Crippen LogP contribution in [-0.2, 0) is 6.54 Å². The van der Waals surface area contributed by atoms with Gasteiger partial charge in [-0.3, -0.25) is 0 Å². The van der Waals surface area contributed by atoms with Crippen molar-refractivity contribution in [2.24, 2.45) is 10.7 Å². The fraction of sp³-hybridized carbons (Fsp3) is 0.308. The second-order valence-electron chi connectivity index (χ2n) is 4.41. The van der Waals surface area contributed by atoms with Gasteiger partial charge in [0.1, 0.15) is 0 Å². The van der Waals surface area contributed by atoms with Crippen LogP contribution in [0.3, 0.4) is 0 Å². The van der Waals surface area contributed by atoms with Gasteiger partial charge in [0.05, 0.1) is 6.54 Å². The summed E-state index contributed by atoms with van der Waals surface area (Å²) >= 11 is 1.76. The summed E-state index contributed by atoms with van der Waals surface area (Å²) in [5.41, 5.74) is 7.00. The van der Waals surface area contributed by atoms with E-state index in [1.165, 1.54) is 28.5 Å². The first-order chi connectivity index (χ1) is 8.31. The van der Waals surface area contributed by atoms with Crippen molar-refractivity contribution in [2.75, 3.05) is 0 Å². The minimum atomic E-state index is 0.568. The van der Waals surface area contributed by atoms with Gasteiger partial charge < -0.3 is 11.1 Å². The molecule has 0 atom stereocenters. The summed E-state index contributed by atoms with van der Waals surface area (Å²) in [7, 11) is 0. The molecule has 3 nitrogen and oxygen atoms in total. The Hall–Kier alpha value is -1.55. The second kappa shape index (κ2) is 4.37. The molecule has 0 saturated heterocycles. The number of benzene rings is 1. The third-order valence-corrected chi connectivity index (χ3v) is 3.78. The highest BCUT2D eigenvalue weighted by Crippen LogP contribution is 2.22. The predicted octanol–water partition coefficient (Wildman–Crippen LogP) is 2.47. The molecule has 1 aliphatic carbocycles. The van der Waals surface area contributed by atoms with E-state index in [0.29, 0.717) is 18.5 Å². The van der Waals surface area contributed by atoms with Crippen molar-refractivity contribution in [3.05, 3.63) is 35.2 Å². The van der Waals surface area contributed by atoms with E-state index in [1.807, 2.05) is 0 Å². The number of hydrogen-bond acceptors (Lipinski definition) is 2. The molecule has 17 heavy (non-hydrogen) atoms. The Morgan fingerprint density at radius 2 is 2.29 bits per heavy atom. The van der Waals surface area contributed by atoms with Gasteiger partial charge in [-0.15, -0.1) is 11.3 Å². The molecule has 0 aliphatic heterocycles. The Labute approximate surface area is 104 Å². The highest BCUT2D eigenvalue weighted by molar-refractivity contribution is 7.17. The monoisotopic (exact) mass is 245 g/mol. The number of rotatable bonds is 3. The molecular formula is C13H15N3S. The maximum absolute atomic E-state index is 5.80. The van der Waals surface area contributed by atoms with Crippen LogP contribution in [-0.4, -0.2) is 12.0 Å². The topological polar surface area (TPSA) is 50.4 Å².